The van der Waals surface area contributed by atoms with Crippen LogP contribution in [0.1, 0.15) is 20.3 Å². The summed E-state index contributed by atoms with van der Waals surface area (Å²) in [7, 11) is 1.49. The lowest BCUT2D eigenvalue weighted by Crippen LogP contribution is -2.57. The van der Waals surface area contributed by atoms with E-state index in [1.54, 1.807) is 6.08 Å². The Hall–Kier alpha value is -1.46. The van der Waals surface area contributed by atoms with Crippen LogP contribution < -0.4 is 11.1 Å². The number of primary amides is 1. The first-order chi connectivity index (χ1) is 9.95. The van der Waals surface area contributed by atoms with Gasteiger partial charge in [0.05, 0.1) is 5.92 Å². The minimum atomic E-state index is -1.26. The fourth-order valence-corrected chi connectivity index (χ4v) is 3.43. The molecule has 5 heteroatoms. The zero-order chi connectivity index (χ0) is 15.6. The van der Waals surface area contributed by atoms with E-state index in [0.29, 0.717) is 0 Å². The van der Waals surface area contributed by atoms with Gasteiger partial charge in [-0.1, -0.05) is 32.1 Å². The van der Waals surface area contributed by atoms with Crippen LogP contribution in [0.5, 0.6) is 0 Å². The SMILES string of the molecule is COC1(C(=O)C(C)C)C(C2CCNC2)=CC=CC1C(N)=O. The average molecular weight is 292 g/mol. The molecule has 1 aliphatic heterocycles. The zero-order valence-corrected chi connectivity index (χ0v) is 12.9. The molecule has 5 nitrogen and oxygen atoms in total. The molecule has 0 spiro atoms. The molecule has 3 unspecified atom stereocenters. The lowest BCUT2D eigenvalue weighted by molar-refractivity contribution is -0.150. The third-order valence-electron chi connectivity index (χ3n) is 4.47. The van der Waals surface area contributed by atoms with Gasteiger partial charge in [-0.3, -0.25) is 9.59 Å². The molecule has 1 amide bonds. The number of hydrogen-bond donors (Lipinski definition) is 2. The number of carbonyl (C=O) groups excluding carboxylic acids is 2. The minimum Gasteiger partial charge on any atom is -0.369 e. The number of Topliss-reactive ketones (excluding diaryl/α,β-unsaturated/α-hetero) is 1. The molecule has 2 aliphatic rings. The van der Waals surface area contributed by atoms with E-state index in [1.807, 2.05) is 26.0 Å². The number of carbonyl (C=O) groups is 2. The van der Waals surface area contributed by atoms with Gasteiger partial charge in [0, 0.05) is 19.6 Å². The summed E-state index contributed by atoms with van der Waals surface area (Å²) in [6.45, 7) is 5.35. The standard InChI is InChI=1S/C16H24N2O3/c1-10(2)14(19)16(21-3)12(11-7-8-18-9-11)5-4-6-13(16)15(17)20/h4-6,10-11,13,18H,7-9H2,1-3H3,(H2,17,20). The molecule has 1 saturated heterocycles. The van der Waals surface area contributed by atoms with Gasteiger partial charge < -0.3 is 15.8 Å². The monoisotopic (exact) mass is 292 g/mol. The number of nitrogens with one attached hydrogen (secondary N) is 1. The van der Waals surface area contributed by atoms with Gasteiger partial charge in [0.25, 0.3) is 0 Å². The van der Waals surface area contributed by atoms with Crippen LogP contribution in [0.15, 0.2) is 23.8 Å². The lowest BCUT2D eigenvalue weighted by Gasteiger charge is -2.42. The number of allylic oxidation sites excluding steroid dienone is 2. The highest BCUT2D eigenvalue weighted by Crippen LogP contribution is 2.42. The van der Waals surface area contributed by atoms with Crippen molar-refractivity contribution in [2.24, 2.45) is 23.5 Å². The maximum Gasteiger partial charge on any atom is 0.228 e. The molecule has 0 aromatic rings. The average Bonchev–Trinajstić information content (AvgIpc) is 2.98. The Morgan fingerprint density at radius 1 is 1.48 bits per heavy atom. The smallest absolute Gasteiger partial charge is 0.228 e. The van der Waals surface area contributed by atoms with Crippen LogP contribution >= 0.6 is 0 Å². The molecule has 1 aliphatic carbocycles. The number of rotatable bonds is 5. The van der Waals surface area contributed by atoms with Crippen LogP contribution in [-0.4, -0.2) is 37.5 Å². The largest absolute Gasteiger partial charge is 0.369 e. The van der Waals surface area contributed by atoms with E-state index >= 15 is 0 Å². The van der Waals surface area contributed by atoms with E-state index < -0.39 is 17.4 Å². The van der Waals surface area contributed by atoms with Crippen LogP contribution in [0.3, 0.4) is 0 Å². The molecule has 2 rings (SSSR count). The van der Waals surface area contributed by atoms with Crippen molar-refractivity contribution in [3.05, 3.63) is 23.8 Å². The first-order valence-electron chi connectivity index (χ1n) is 7.43. The van der Waals surface area contributed by atoms with Crippen LogP contribution in [0.25, 0.3) is 0 Å². The number of amides is 1. The Morgan fingerprint density at radius 3 is 2.67 bits per heavy atom. The second-order valence-electron chi connectivity index (χ2n) is 6.04. The molecule has 3 atom stereocenters. The van der Waals surface area contributed by atoms with Crippen molar-refractivity contribution < 1.29 is 14.3 Å². The topological polar surface area (TPSA) is 81.4 Å². The van der Waals surface area contributed by atoms with E-state index in [-0.39, 0.29) is 17.6 Å². The zero-order valence-electron chi connectivity index (χ0n) is 12.9. The quantitative estimate of drug-likeness (QED) is 0.785. The molecule has 1 fully saturated rings. The maximum absolute atomic E-state index is 12.9. The van der Waals surface area contributed by atoms with Gasteiger partial charge in [-0.05, 0) is 24.5 Å². The second-order valence-corrected chi connectivity index (χ2v) is 6.04. The van der Waals surface area contributed by atoms with Gasteiger partial charge >= 0.3 is 0 Å². The first-order valence-corrected chi connectivity index (χ1v) is 7.43. The van der Waals surface area contributed by atoms with Crippen LogP contribution in [0.2, 0.25) is 0 Å². The van der Waals surface area contributed by atoms with Crippen molar-refractivity contribution in [3.63, 3.8) is 0 Å². The number of ketones is 1. The van der Waals surface area contributed by atoms with Gasteiger partial charge in [0.2, 0.25) is 5.91 Å². The van der Waals surface area contributed by atoms with Crippen molar-refractivity contribution in [2.75, 3.05) is 20.2 Å². The number of ether oxygens (including phenoxy) is 1. The molecule has 0 aromatic carbocycles. The maximum atomic E-state index is 12.9. The van der Waals surface area contributed by atoms with E-state index in [0.717, 1.165) is 25.1 Å². The summed E-state index contributed by atoms with van der Waals surface area (Å²) in [5.41, 5.74) is 5.17. The predicted molar refractivity (Wildman–Crippen MR) is 80.5 cm³/mol. The molecular formula is C16H24N2O3. The third-order valence-corrected chi connectivity index (χ3v) is 4.47. The lowest BCUT2D eigenvalue weighted by atomic mass is 9.67. The number of nitrogens with two attached hydrogens (primary N) is 1. The van der Waals surface area contributed by atoms with Crippen LogP contribution in [0.4, 0.5) is 0 Å². The Kier molecular flexibility index (Phi) is 4.64. The van der Waals surface area contributed by atoms with E-state index in [9.17, 15) is 9.59 Å². The second kappa shape index (κ2) is 6.12. The molecule has 0 aromatic heterocycles. The van der Waals surface area contributed by atoms with Crippen LogP contribution in [-0.2, 0) is 14.3 Å². The highest BCUT2D eigenvalue weighted by Gasteiger charge is 2.53. The molecule has 0 bridgehead atoms. The highest BCUT2D eigenvalue weighted by atomic mass is 16.5. The van der Waals surface area contributed by atoms with Crippen molar-refractivity contribution in [1.82, 2.24) is 5.32 Å². The number of methoxy groups -OCH3 is 1. The fourth-order valence-electron chi connectivity index (χ4n) is 3.43. The highest BCUT2D eigenvalue weighted by molar-refractivity contribution is 5.99. The predicted octanol–water partition coefficient (Wildman–Crippen LogP) is 0.804. The molecule has 3 N–H and O–H groups in total. The summed E-state index contributed by atoms with van der Waals surface area (Å²) in [5.74, 6) is -1.41. The van der Waals surface area contributed by atoms with E-state index in [2.05, 4.69) is 5.32 Å². The van der Waals surface area contributed by atoms with E-state index in [1.165, 1.54) is 7.11 Å². The summed E-state index contributed by atoms with van der Waals surface area (Å²) < 4.78 is 5.70. The molecular weight excluding hydrogens is 268 g/mol. The first kappa shape index (κ1) is 15.9. The summed E-state index contributed by atoms with van der Waals surface area (Å²) >= 11 is 0. The van der Waals surface area contributed by atoms with Crippen molar-refractivity contribution in [3.8, 4) is 0 Å². The molecule has 0 radical (unpaired) electrons. The van der Waals surface area contributed by atoms with Gasteiger partial charge in [-0.25, -0.2) is 0 Å². The summed E-state index contributed by atoms with van der Waals surface area (Å²) in [5, 5.41) is 3.30. The molecule has 21 heavy (non-hydrogen) atoms. The van der Waals surface area contributed by atoms with E-state index in [4.69, 9.17) is 10.5 Å². The van der Waals surface area contributed by atoms with Crippen molar-refractivity contribution >= 4 is 11.7 Å². The minimum absolute atomic E-state index is 0.0868. The Balaban J connectivity index is 2.54. The summed E-state index contributed by atoms with van der Waals surface area (Å²) in [6, 6.07) is 0. The molecule has 0 saturated carbocycles. The Labute approximate surface area is 125 Å². The van der Waals surface area contributed by atoms with Crippen molar-refractivity contribution in [2.45, 2.75) is 25.9 Å². The summed E-state index contributed by atoms with van der Waals surface area (Å²) in [6.07, 6.45) is 6.34. The van der Waals surface area contributed by atoms with Crippen molar-refractivity contribution in [1.29, 1.82) is 0 Å². The Bertz CT molecular complexity index is 490. The Morgan fingerprint density at radius 2 is 2.19 bits per heavy atom. The summed E-state index contributed by atoms with van der Waals surface area (Å²) in [4.78, 5) is 24.8. The van der Waals surface area contributed by atoms with Gasteiger partial charge in [0.15, 0.2) is 11.4 Å². The van der Waals surface area contributed by atoms with Gasteiger partial charge in [-0.15, -0.1) is 0 Å². The molecule has 116 valence electrons. The van der Waals surface area contributed by atoms with Crippen LogP contribution in [0, 0.1) is 17.8 Å². The third kappa shape index (κ3) is 2.56. The fraction of sp³-hybridized carbons (Fsp3) is 0.625. The normalized spacial score (nSPS) is 32.3. The molecule has 1 heterocycles. The van der Waals surface area contributed by atoms with Gasteiger partial charge in [-0.2, -0.15) is 0 Å². The number of hydrogen-bond acceptors (Lipinski definition) is 4. The van der Waals surface area contributed by atoms with Gasteiger partial charge in [0.1, 0.15) is 0 Å².